The highest BCUT2D eigenvalue weighted by Gasteiger charge is 2.31. The maximum absolute atomic E-state index is 12.4. The van der Waals surface area contributed by atoms with Crippen molar-refractivity contribution in [2.45, 2.75) is 50.7 Å². The predicted molar refractivity (Wildman–Crippen MR) is 71.2 cm³/mol. The largest absolute Gasteiger partial charge is 0.401 e. The van der Waals surface area contributed by atoms with Gasteiger partial charge in [-0.1, -0.05) is 25.7 Å². The van der Waals surface area contributed by atoms with Crippen LogP contribution in [0, 0.1) is 0 Å². The molecule has 4 nitrogen and oxygen atoms in total. The van der Waals surface area contributed by atoms with Crippen LogP contribution in [0.15, 0.2) is 0 Å². The number of hydrogen-bond donors (Lipinski definition) is 2. The molecule has 0 radical (unpaired) electrons. The van der Waals surface area contributed by atoms with Crippen molar-refractivity contribution in [2.75, 3.05) is 26.2 Å². The normalized spacial score (nSPS) is 18.1. The van der Waals surface area contributed by atoms with Crippen LogP contribution in [0.25, 0.3) is 0 Å². The van der Waals surface area contributed by atoms with Crippen LogP contribution in [0.3, 0.4) is 0 Å². The number of halogens is 3. The van der Waals surface area contributed by atoms with Crippen molar-refractivity contribution < 1.29 is 18.0 Å². The minimum Gasteiger partial charge on any atom is -0.352 e. The molecule has 1 amide bonds. The van der Waals surface area contributed by atoms with Crippen molar-refractivity contribution in [3.63, 3.8) is 0 Å². The first-order valence-electron chi connectivity index (χ1n) is 7.19. The van der Waals surface area contributed by atoms with Gasteiger partial charge in [-0.2, -0.15) is 13.2 Å². The summed E-state index contributed by atoms with van der Waals surface area (Å²) in [6.07, 6.45) is 2.00. The molecule has 1 aliphatic rings. The van der Waals surface area contributed by atoms with E-state index in [9.17, 15) is 18.0 Å². The summed E-state index contributed by atoms with van der Waals surface area (Å²) in [7, 11) is 0. The Morgan fingerprint density at radius 3 is 2.30 bits per heavy atom. The number of rotatable bonds is 6. The summed E-state index contributed by atoms with van der Waals surface area (Å²) in [6.45, 7) is -1.17. The second kappa shape index (κ2) is 8.46. The second-order valence-electron chi connectivity index (χ2n) is 5.37. The van der Waals surface area contributed by atoms with Crippen LogP contribution in [-0.2, 0) is 4.79 Å². The zero-order chi connectivity index (χ0) is 15.0. The predicted octanol–water partition coefficient (Wildman–Crippen LogP) is 1.65. The average molecular weight is 295 g/mol. The van der Waals surface area contributed by atoms with Crippen LogP contribution in [0.1, 0.15) is 38.5 Å². The van der Waals surface area contributed by atoms with Gasteiger partial charge < -0.3 is 11.1 Å². The summed E-state index contributed by atoms with van der Waals surface area (Å²) in [5.41, 5.74) is 5.29. The quantitative estimate of drug-likeness (QED) is 0.733. The average Bonchev–Trinajstić information content (AvgIpc) is 2.55. The van der Waals surface area contributed by atoms with Gasteiger partial charge in [-0.25, -0.2) is 0 Å². The smallest absolute Gasteiger partial charge is 0.352 e. The molecule has 0 aromatic rings. The van der Waals surface area contributed by atoms with Gasteiger partial charge in [-0.15, -0.1) is 0 Å². The fourth-order valence-electron chi connectivity index (χ4n) is 2.55. The van der Waals surface area contributed by atoms with Crippen LogP contribution in [-0.4, -0.2) is 49.2 Å². The van der Waals surface area contributed by atoms with Gasteiger partial charge in [-0.05, 0) is 12.8 Å². The standard InChI is InChI=1S/C13H24F3N3O/c14-13(15,16)10-19(8-7-17)9-12(20)18-11-5-3-1-2-4-6-11/h11H,1-10,17H2,(H,18,20). The Kier molecular flexibility index (Phi) is 7.29. The van der Waals surface area contributed by atoms with Gasteiger partial charge in [0.05, 0.1) is 13.1 Å². The summed E-state index contributed by atoms with van der Waals surface area (Å²) < 4.78 is 37.1. The Balaban J connectivity index is 2.40. The monoisotopic (exact) mass is 295 g/mol. The van der Waals surface area contributed by atoms with Crippen molar-refractivity contribution in [3.05, 3.63) is 0 Å². The van der Waals surface area contributed by atoms with Gasteiger partial charge in [0, 0.05) is 19.1 Å². The molecular weight excluding hydrogens is 271 g/mol. The summed E-state index contributed by atoms with van der Waals surface area (Å²) in [5, 5.41) is 2.84. The number of hydrogen-bond acceptors (Lipinski definition) is 3. The summed E-state index contributed by atoms with van der Waals surface area (Å²) in [4.78, 5) is 12.9. The lowest BCUT2D eigenvalue weighted by atomic mass is 10.1. The molecular formula is C13H24F3N3O. The lowest BCUT2D eigenvalue weighted by Crippen LogP contribution is -2.46. The fraction of sp³-hybridized carbons (Fsp3) is 0.923. The highest BCUT2D eigenvalue weighted by molar-refractivity contribution is 5.78. The van der Waals surface area contributed by atoms with Crippen LogP contribution < -0.4 is 11.1 Å². The van der Waals surface area contributed by atoms with E-state index in [-0.39, 0.29) is 31.6 Å². The topological polar surface area (TPSA) is 58.4 Å². The Labute approximate surface area is 117 Å². The zero-order valence-electron chi connectivity index (χ0n) is 11.7. The molecule has 0 aromatic carbocycles. The summed E-state index contributed by atoms with van der Waals surface area (Å²) in [6, 6.07) is 0.107. The highest BCUT2D eigenvalue weighted by atomic mass is 19.4. The van der Waals surface area contributed by atoms with E-state index >= 15 is 0 Å². The molecule has 7 heteroatoms. The number of nitrogens with zero attached hydrogens (tertiary/aromatic N) is 1. The first-order chi connectivity index (χ1) is 9.40. The molecule has 1 aliphatic carbocycles. The Morgan fingerprint density at radius 1 is 1.20 bits per heavy atom. The molecule has 0 saturated heterocycles. The lowest BCUT2D eigenvalue weighted by molar-refractivity contribution is -0.148. The van der Waals surface area contributed by atoms with Crippen LogP contribution in [0.2, 0.25) is 0 Å². The molecule has 0 aliphatic heterocycles. The van der Waals surface area contributed by atoms with Gasteiger partial charge in [0.1, 0.15) is 0 Å². The van der Waals surface area contributed by atoms with Crippen molar-refractivity contribution in [1.82, 2.24) is 10.2 Å². The van der Waals surface area contributed by atoms with Crippen molar-refractivity contribution in [3.8, 4) is 0 Å². The third-order valence-electron chi connectivity index (χ3n) is 3.44. The van der Waals surface area contributed by atoms with E-state index in [2.05, 4.69) is 5.32 Å². The van der Waals surface area contributed by atoms with Crippen molar-refractivity contribution in [1.29, 1.82) is 0 Å². The number of carbonyl (C=O) groups excluding carboxylic acids is 1. The molecule has 3 N–H and O–H groups in total. The lowest BCUT2D eigenvalue weighted by Gasteiger charge is -2.24. The van der Waals surface area contributed by atoms with Gasteiger partial charge in [-0.3, -0.25) is 9.69 Å². The van der Waals surface area contributed by atoms with E-state index in [1.165, 1.54) is 12.8 Å². The second-order valence-corrected chi connectivity index (χ2v) is 5.37. The van der Waals surface area contributed by atoms with Crippen LogP contribution >= 0.6 is 0 Å². The first-order valence-corrected chi connectivity index (χ1v) is 7.19. The SMILES string of the molecule is NCCN(CC(=O)NC1CCCCCC1)CC(F)(F)F. The van der Waals surface area contributed by atoms with E-state index in [0.29, 0.717) is 0 Å². The third-order valence-corrected chi connectivity index (χ3v) is 3.44. The zero-order valence-corrected chi connectivity index (χ0v) is 11.7. The van der Waals surface area contributed by atoms with Gasteiger partial charge in [0.2, 0.25) is 5.91 Å². The van der Waals surface area contributed by atoms with Crippen LogP contribution in [0.4, 0.5) is 13.2 Å². The van der Waals surface area contributed by atoms with E-state index in [4.69, 9.17) is 5.73 Å². The molecule has 118 valence electrons. The highest BCUT2D eigenvalue weighted by Crippen LogP contribution is 2.18. The molecule has 0 atom stereocenters. The number of nitrogens with one attached hydrogen (secondary N) is 1. The Bertz CT molecular complexity index is 289. The molecule has 0 bridgehead atoms. The minimum atomic E-state index is -4.31. The molecule has 1 rings (SSSR count). The molecule has 0 spiro atoms. The van der Waals surface area contributed by atoms with Crippen LogP contribution in [0.5, 0.6) is 0 Å². The number of nitrogens with two attached hydrogens (primary N) is 1. The number of amides is 1. The van der Waals surface area contributed by atoms with Crippen molar-refractivity contribution >= 4 is 5.91 Å². The maximum Gasteiger partial charge on any atom is 0.401 e. The van der Waals surface area contributed by atoms with Crippen molar-refractivity contribution in [2.24, 2.45) is 5.73 Å². The molecule has 0 heterocycles. The summed E-state index contributed by atoms with van der Waals surface area (Å²) >= 11 is 0. The van der Waals surface area contributed by atoms with E-state index in [0.717, 1.165) is 30.6 Å². The molecule has 0 aromatic heterocycles. The minimum absolute atomic E-state index is 0.0671. The number of alkyl halides is 3. The van der Waals surface area contributed by atoms with E-state index in [1.54, 1.807) is 0 Å². The molecule has 20 heavy (non-hydrogen) atoms. The Hall–Kier alpha value is -0.820. The third kappa shape index (κ3) is 7.69. The van der Waals surface area contributed by atoms with E-state index < -0.39 is 12.7 Å². The van der Waals surface area contributed by atoms with Gasteiger partial charge in [0.25, 0.3) is 0 Å². The summed E-state index contributed by atoms with van der Waals surface area (Å²) in [5.74, 6) is -0.338. The number of carbonyl (C=O) groups is 1. The molecule has 1 saturated carbocycles. The van der Waals surface area contributed by atoms with Gasteiger partial charge in [0.15, 0.2) is 0 Å². The van der Waals surface area contributed by atoms with Gasteiger partial charge >= 0.3 is 6.18 Å². The molecule has 0 unspecified atom stereocenters. The maximum atomic E-state index is 12.4. The fourth-order valence-corrected chi connectivity index (χ4v) is 2.55. The molecule has 1 fully saturated rings. The van der Waals surface area contributed by atoms with E-state index in [1.807, 2.05) is 0 Å². The first kappa shape index (κ1) is 17.2. The Morgan fingerprint density at radius 2 is 1.80 bits per heavy atom.